The number of benzene rings is 1. The highest BCUT2D eigenvalue weighted by Gasteiger charge is 2.20. The Labute approximate surface area is 114 Å². The van der Waals surface area contributed by atoms with Crippen molar-refractivity contribution in [3.8, 4) is 0 Å². The van der Waals surface area contributed by atoms with E-state index in [2.05, 4.69) is 67.0 Å². The first-order valence-electron chi connectivity index (χ1n) is 6.64. The highest BCUT2D eigenvalue weighted by Crippen LogP contribution is 2.32. The first-order chi connectivity index (χ1) is 8.83. The van der Waals surface area contributed by atoms with Crippen LogP contribution in [0.1, 0.15) is 42.7 Å². The molecule has 0 aliphatic rings. The van der Waals surface area contributed by atoms with E-state index < -0.39 is 0 Å². The molecule has 1 nitrogen and oxygen atoms in total. The van der Waals surface area contributed by atoms with E-state index >= 15 is 0 Å². The number of thiophene rings is 1. The second-order valence-electron chi connectivity index (χ2n) is 4.65. The van der Waals surface area contributed by atoms with Gasteiger partial charge in [-0.1, -0.05) is 50.2 Å². The predicted molar refractivity (Wildman–Crippen MR) is 80.2 cm³/mol. The monoisotopic (exact) mass is 259 g/mol. The highest BCUT2D eigenvalue weighted by molar-refractivity contribution is 7.10. The van der Waals surface area contributed by atoms with Gasteiger partial charge in [-0.05, 0) is 30.0 Å². The predicted octanol–water partition coefficient (Wildman–Crippen LogP) is 4.59. The third-order valence-corrected chi connectivity index (χ3v) is 4.24. The summed E-state index contributed by atoms with van der Waals surface area (Å²) in [4.78, 5) is 1.43. The van der Waals surface area contributed by atoms with Crippen LogP contribution in [0.5, 0.6) is 0 Å². The quantitative estimate of drug-likeness (QED) is 0.800. The van der Waals surface area contributed by atoms with E-state index in [-0.39, 0.29) is 0 Å². The fourth-order valence-corrected chi connectivity index (χ4v) is 3.15. The highest BCUT2D eigenvalue weighted by atomic mass is 32.1. The Morgan fingerprint density at radius 2 is 1.89 bits per heavy atom. The summed E-state index contributed by atoms with van der Waals surface area (Å²) in [5.74, 6) is 0.497. The Balaban J connectivity index is 2.18. The maximum atomic E-state index is 3.68. The van der Waals surface area contributed by atoms with Gasteiger partial charge in [0.25, 0.3) is 0 Å². The lowest BCUT2D eigenvalue weighted by Crippen LogP contribution is -2.26. The van der Waals surface area contributed by atoms with Gasteiger partial charge in [0, 0.05) is 16.8 Å². The van der Waals surface area contributed by atoms with Crippen molar-refractivity contribution in [3.05, 3.63) is 58.3 Å². The number of rotatable bonds is 6. The first kappa shape index (κ1) is 13.3. The molecule has 2 heteroatoms. The second-order valence-corrected chi connectivity index (χ2v) is 5.63. The van der Waals surface area contributed by atoms with Crippen LogP contribution in [0.25, 0.3) is 0 Å². The van der Waals surface area contributed by atoms with E-state index in [9.17, 15) is 0 Å². The van der Waals surface area contributed by atoms with Crippen LogP contribution in [-0.2, 0) is 0 Å². The average molecular weight is 259 g/mol. The summed E-state index contributed by atoms with van der Waals surface area (Å²) in [5.41, 5.74) is 1.40. The van der Waals surface area contributed by atoms with Crippen LogP contribution in [0, 0.1) is 0 Å². The van der Waals surface area contributed by atoms with Crippen LogP contribution < -0.4 is 5.32 Å². The van der Waals surface area contributed by atoms with E-state index in [1.165, 1.54) is 16.9 Å². The number of nitrogens with one attached hydrogen (secondary N) is 1. The standard InChI is InChI=1S/C16H21NS/c1-3-11-17-16(15-10-7-12-18-15)13(2)14-8-5-4-6-9-14/h4-10,12-13,16-17H,3,11H2,1-2H3. The van der Waals surface area contributed by atoms with Crippen LogP contribution >= 0.6 is 11.3 Å². The zero-order valence-corrected chi connectivity index (χ0v) is 11.9. The summed E-state index contributed by atoms with van der Waals surface area (Å²) in [5, 5.41) is 5.84. The van der Waals surface area contributed by atoms with Gasteiger partial charge in [-0.25, -0.2) is 0 Å². The zero-order valence-electron chi connectivity index (χ0n) is 11.1. The fraction of sp³-hybridized carbons (Fsp3) is 0.375. The van der Waals surface area contributed by atoms with Gasteiger partial charge in [-0.2, -0.15) is 0 Å². The molecule has 18 heavy (non-hydrogen) atoms. The Hall–Kier alpha value is -1.12. The van der Waals surface area contributed by atoms with Crippen molar-refractivity contribution in [2.45, 2.75) is 32.2 Å². The number of hydrogen-bond donors (Lipinski definition) is 1. The molecular formula is C16H21NS. The SMILES string of the molecule is CCCNC(c1cccs1)C(C)c1ccccc1. The molecule has 1 heterocycles. The van der Waals surface area contributed by atoms with Gasteiger partial charge < -0.3 is 5.32 Å². The van der Waals surface area contributed by atoms with Gasteiger partial charge in [-0.15, -0.1) is 11.3 Å². The second kappa shape index (κ2) is 6.72. The molecule has 2 atom stereocenters. The average Bonchev–Trinajstić information content (AvgIpc) is 2.94. The summed E-state index contributed by atoms with van der Waals surface area (Å²) < 4.78 is 0. The molecule has 0 saturated heterocycles. The maximum absolute atomic E-state index is 3.68. The van der Waals surface area contributed by atoms with Crippen LogP contribution in [0.2, 0.25) is 0 Å². The van der Waals surface area contributed by atoms with E-state index in [1.54, 1.807) is 0 Å². The van der Waals surface area contributed by atoms with Crippen LogP contribution in [0.4, 0.5) is 0 Å². The Morgan fingerprint density at radius 3 is 2.50 bits per heavy atom. The lowest BCUT2D eigenvalue weighted by molar-refractivity contribution is 0.473. The van der Waals surface area contributed by atoms with Crippen molar-refractivity contribution >= 4 is 11.3 Å². The van der Waals surface area contributed by atoms with Crippen molar-refractivity contribution in [1.82, 2.24) is 5.32 Å². The van der Waals surface area contributed by atoms with Gasteiger partial charge in [0.1, 0.15) is 0 Å². The van der Waals surface area contributed by atoms with Gasteiger partial charge in [0.15, 0.2) is 0 Å². The van der Waals surface area contributed by atoms with Gasteiger partial charge >= 0.3 is 0 Å². The van der Waals surface area contributed by atoms with Crippen molar-refractivity contribution < 1.29 is 0 Å². The molecule has 1 aromatic carbocycles. The molecule has 2 aromatic rings. The molecule has 0 spiro atoms. The molecule has 0 aliphatic heterocycles. The van der Waals surface area contributed by atoms with E-state index in [0.717, 1.165) is 6.54 Å². The Kier molecular flexibility index (Phi) is 4.97. The molecule has 2 unspecified atom stereocenters. The molecule has 96 valence electrons. The lowest BCUT2D eigenvalue weighted by Gasteiger charge is -2.24. The first-order valence-corrected chi connectivity index (χ1v) is 7.52. The smallest absolute Gasteiger partial charge is 0.0481 e. The summed E-state index contributed by atoms with van der Waals surface area (Å²) >= 11 is 1.84. The number of hydrogen-bond acceptors (Lipinski definition) is 2. The molecule has 1 aromatic heterocycles. The van der Waals surface area contributed by atoms with E-state index in [1.807, 2.05) is 11.3 Å². The zero-order chi connectivity index (χ0) is 12.8. The fourth-order valence-electron chi connectivity index (χ4n) is 2.24. The molecule has 2 rings (SSSR count). The van der Waals surface area contributed by atoms with Gasteiger partial charge in [0.2, 0.25) is 0 Å². The molecule has 0 bridgehead atoms. The van der Waals surface area contributed by atoms with Crippen LogP contribution in [0.15, 0.2) is 47.8 Å². The molecular weight excluding hydrogens is 238 g/mol. The Bertz CT molecular complexity index is 435. The summed E-state index contributed by atoms with van der Waals surface area (Å²) in [7, 11) is 0. The third kappa shape index (κ3) is 3.21. The van der Waals surface area contributed by atoms with Crippen molar-refractivity contribution in [1.29, 1.82) is 0 Å². The summed E-state index contributed by atoms with van der Waals surface area (Å²) in [6.45, 7) is 5.59. The van der Waals surface area contributed by atoms with E-state index in [4.69, 9.17) is 0 Å². The maximum Gasteiger partial charge on any atom is 0.0481 e. The molecule has 0 radical (unpaired) electrons. The molecule has 0 amide bonds. The van der Waals surface area contributed by atoms with E-state index in [0.29, 0.717) is 12.0 Å². The molecule has 1 N–H and O–H groups in total. The largest absolute Gasteiger partial charge is 0.309 e. The summed E-state index contributed by atoms with van der Waals surface area (Å²) in [6, 6.07) is 15.6. The van der Waals surface area contributed by atoms with Crippen LogP contribution in [0.3, 0.4) is 0 Å². The minimum atomic E-state index is 0.423. The molecule has 0 fully saturated rings. The normalized spacial score (nSPS) is 14.3. The third-order valence-electron chi connectivity index (χ3n) is 3.29. The molecule has 0 saturated carbocycles. The summed E-state index contributed by atoms with van der Waals surface area (Å²) in [6.07, 6.45) is 1.17. The topological polar surface area (TPSA) is 12.0 Å². The minimum absolute atomic E-state index is 0.423. The van der Waals surface area contributed by atoms with Crippen LogP contribution in [-0.4, -0.2) is 6.54 Å². The van der Waals surface area contributed by atoms with Gasteiger partial charge in [-0.3, -0.25) is 0 Å². The molecule has 0 aliphatic carbocycles. The lowest BCUT2D eigenvalue weighted by atomic mass is 9.92. The van der Waals surface area contributed by atoms with Gasteiger partial charge in [0.05, 0.1) is 0 Å². The minimum Gasteiger partial charge on any atom is -0.309 e. The Morgan fingerprint density at radius 1 is 1.11 bits per heavy atom. The van der Waals surface area contributed by atoms with Crippen molar-refractivity contribution in [3.63, 3.8) is 0 Å². The van der Waals surface area contributed by atoms with Crippen molar-refractivity contribution in [2.75, 3.05) is 6.54 Å². The van der Waals surface area contributed by atoms with Crippen molar-refractivity contribution in [2.24, 2.45) is 0 Å².